The van der Waals surface area contributed by atoms with Crippen molar-refractivity contribution in [1.82, 2.24) is 15.3 Å². The van der Waals surface area contributed by atoms with Crippen LogP contribution in [0.3, 0.4) is 0 Å². The van der Waals surface area contributed by atoms with Crippen molar-refractivity contribution in [1.29, 1.82) is 0 Å². The summed E-state index contributed by atoms with van der Waals surface area (Å²) in [6, 6.07) is 20.4. The van der Waals surface area contributed by atoms with Crippen molar-refractivity contribution in [3.63, 3.8) is 0 Å². The molecule has 4 rings (SSSR count). The van der Waals surface area contributed by atoms with Crippen LogP contribution in [-0.2, 0) is 19.7 Å². The zero-order chi connectivity index (χ0) is 20.9. The lowest BCUT2D eigenvalue weighted by Gasteiger charge is -2.15. The molecule has 0 saturated carbocycles. The molecule has 0 bridgehead atoms. The number of aromatic nitrogens is 2. The Morgan fingerprint density at radius 2 is 1.87 bits per heavy atom. The molecule has 6 heteroatoms. The van der Waals surface area contributed by atoms with E-state index < -0.39 is 0 Å². The van der Waals surface area contributed by atoms with Gasteiger partial charge in [0.1, 0.15) is 12.4 Å². The molecule has 30 heavy (non-hydrogen) atoms. The molecule has 1 aromatic heterocycles. The van der Waals surface area contributed by atoms with Gasteiger partial charge in [-0.05, 0) is 58.2 Å². The van der Waals surface area contributed by atoms with Crippen LogP contribution in [-0.4, -0.2) is 17.1 Å². The van der Waals surface area contributed by atoms with Crippen LogP contribution in [0, 0.1) is 6.92 Å². The van der Waals surface area contributed by atoms with Crippen LogP contribution in [0.25, 0.3) is 11.0 Å². The molecule has 154 valence electrons. The fraction of sp³-hybridized carbons (Fsp3) is 0.208. The number of methoxy groups -OCH3 is 1. The predicted octanol–water partition coefficient (Wildman–Crippen LogP) is 5.51. The second-order valence-corrected chi connectivity index (χ2v) is 8.05. The number of benzene rings is 3. The summed E-state index contributed by atoms with van der Waals surface area (Å²) in [6.07, 6.45) is 0. The van der Waals surface area contributed by atoms with Crippen LogP contribution in [0.5, 0.6) is 11.5 Å². The highest BCUT2D eigenvalue weighted by Crippen LogP contribution is 2.37. The first-order valence-corrected chi connectivity index (χ1v) is 10.6. The van der Waals surface area contributed by atoms with Crippen molar-refractivity contribution in [2.75, 3.05) is 7.11 Å². The van der Waals surface area contributed by atoms with E-state index in [1.807, 2.05) is 36.4 Å². The number of hydrogen-bond acceptors (Lipinski definition) is 4. The Bertz CT molecular complexity index is 1120. The number of fused-ring (bicyclic) bond motifs is 1. The van der Waals surface area contributed by atoms with Crippen molar-refractivity contribution in [3.8, 4) is 11.5 Å². The summed E-state index contributed by atoms with van der Waals surface area (Å²) in [7, 11) is 1.66. The molecule has 0 fully saturated rings. The normalized spacial score (nSPS) is 11.0. The van der Waals surface area contributed by atoms with Crippen molar-refractivity contribution >= 4 is 27.0 Å². The molecular weight excluding hydrogens is 442 g/mol. The average Bonchev–Trinajstić information content (AvgIpc) is 3.15. The number of aromatic amines is 1. The summed E-state index contributed by atoms with van der Waals surface area (Å²) >= 11 is 3.64. The van der Waals surface area contributed by atoms with Gasteiger partial charge in [0.25, 0.3) is 0 Å². The average molecular weight is 466 g/mol. The topological polar surface area (TPSA) is 59.2 Å². The fourth-order valence-electron chi connectivity index (χ4n) is 3.39. The van der Waals surface area contributed by atoms with E-state index in [0.29, 0.717) is 31.2 Å². The first-order chi connectivity index (χ1) is 14.6. The van der Waals surface area contributed by atoms with Gasteiger partial charge in [0, 0.05) is 6.54 Å². The lowest BCUT2D eigenvalue weighted by Crippen LogP contribution is -2.14. The maximum Gasteiger partial charge on any atom is 0.175 e. The Labute approximate surface area is 184 Å². The summed E-state index contributed by atoms with van der Waals surface area (Å²) < 4.78 is 12.5. The van der Waals surface area contributed by atoms with E-state index in [9.17, 15) is 0 Å². The molecule has 5 nitrogen and oxygen atoms in total. The Hall–Kier alpha value is -2.83. The molecule has 0 saturated heterocycles. The Morgan fingerprint density at radius 3 is 2.67 bits per heavy atom. The van der Waals surface area contributed by atoms with E-state index in [1.54, 1.807) is 7.11 Å². The predicted molar refractivity (Wildman–Crippen MR) is 123 cm³/mol. The highest BCUT2D eigenvalue weighted by Gasteiger charge is 2.12. The molecule has 0 aliphatic heterocycles. The van der Waals surface area contributed by atoms with E-state index in [0.717, 1.165) is 32.5 Å². The highest BCUT2D eigenvalue weighted by atomic mass is 79.9. The van der Waals surface area contributed by atoms with Crippen LogP contribution in [0.2, 0.25) is 0 Å². The second-order valence-electron chi connectivity index (χ2n) is 7.19. The minimum atomic E-state index is 0.486. The van der Waals surface area contributed by atoms with Gasteiger partial charge in [-0.15, -0.1) is 0 Å². The van der Waals surface area contributed by atoms with Gasteiger partial charge in [-0.1, -0.05) is 42.0 Å². The number of ether oxygens (including phenoxy) is 2. The number of nitrogens with one attached hydrogen (secondary N) is 2. The van der Waals surface area contributed by atoms with Crippen molar-refractivity contribution in [2.24, 2.45) is 0 Å². The van der Waals surface area contributed by atoms with Crippen LogP contribution in [0.1, 0.15) is 22.5 Å². The number of halogens is 1. The van der Waals surface area contributed by atoms with E-state index >= 15 is 0 Å². The summed E-state index contributed by atoms with van der Waals surface area (Å²) in [5.41, 5.74) is 5.47. The van der Waals surface area contributed by atoms with E-state index in [-0.39, 0.29) is 0 Å². The molecule has 1 heterocycles. The largest absolute Gasteiger partial charge is 0.493 e. The summed E-state index contributed by atoms with van der Waals surface area (Å²) in [6.45, 7) is 3.90. The lowest BCUT2D eigenvalue weighted by atomic mass is 10.1. The van der Waals surface area contributed by atoms with Crippen LogP contribution < -0.4 is 14.8 Å². The third-order valence-electron chi connectivity index (χ3n) is 4.81. The van der Waals surface area contributed by atoms with Gasteiger partial charge in [0.2, 0.25) is 0 Å². The van der Waals surface area contributed by atoms with Gasteiger partial charge in [0.05, 0.1) is 29.2 Å². The van der Waals surface area contributed by atoms with Gasteiger partial charge in [-0.3, -0.25) is 0 Å². The van der Waals surface area contributed by atoms with Gasteiger partial charge < -0.3 is 19.8 Å². The molecule has 0 unspecified atom stereocenters. The molecule has 0 amide bonds. The molecule has 2 N–H and O–H groups in total. The lowest BCUT2D eigenvalue weighted by molar-refractivity contribution is 0.282. The van der Waals surface area contributed by atoms with Gasteiger partial charge in [-0.25, -0.2) is 4.98 Å². The Morgan fingerprint density at radius 1 is 1.00 bits per heavy atom. The molecule has 0 atom stereocenters. The number of hydrogen-bond donors (Lipinski definition) is 2. The van der Waals surface area contributed by atoms with Crippen molar-refractivity contribution in [2.45, 2.75) is 26.6 Å². The second kappa shape index (κ2) is 9.32. The zero-order valence-electron chi connectivity index (χ0n) is 17.0. The van der Waals surface area contributed by atoms with E-state index in [2.05, 4.69) is 62.4 Å². The molecule has 0 spiro atoms. The highest BCUT2D eigenvalue weighted by molar-refractivity contribution is 9.10. The van der Waals surface area contributed by atoms with E-state index in [4.69, 9.17) is 9.47 Å². The molecule has 0 aliphatic carbocycles. The van der Waals surface area contributed by atoms with Crippen LogP contribution >= 0.6 is 15.9 Å². The number of aryl methyl sites for hydroxylation is 1. The standard InChI is InChI=1S/C24H24BrN3O2/c1-16-6-5-7-17(10-16)15-30-24-19(25)11-18(12-22(24)29-2)13-26-14-23-27-20-8-3-4-9-21(20)28-23/h3-12,26H,13-15H2,1-2H3,(H,27,28). The molecule has 4 aromatic rings. The summed E-state index contributed by atoms with van der Waals surface area (Å²) in [5, 5.41) is 3.43. The summed E-state index contributed by atoms with van der Waals surface area (Å²) in [5.74, 6) is 2.33. The number of rotatable bonds is 8. The van der Waals surface area contributed by atoms with Gasteiger partial charge in [0.15, 0.2) is 11.5 Å². The van der Waals surface area contributed by atoms with Crippen LogP contribution in [0.4, 0.5) is 0 Å². The first kappa shape index (κ1) is 20.4. The van der Waals surface area contributed by atoms with Crippen molar-refractivity contribution in [3.05, 3.63) is 87.7 Å². The maximum atomic E-state index is 6.06. The quantitative estimate of drug-likeness (QED) is 0.360. The molecular formula is C24H24BrN3O2. The van der Waals surface area contributed by atoms with Gasteiger partial charge >= 0.3 is 0 Å². The summed E-state index contributed by atoms with van der Waals surface area (Å²) in [4.78, 5) is 7.93. The smallest absolute Gasteiger partial charge is 0.175 e. The minimum absolute atomic E-state index is 0.486. The SMILES string of the molecule is COc1cc(CNCc2nc3ccccc3[nH]2)cc(Br)c1OCc1cccc(C)c1. The number of imidazole rings is 1. The number of H-pyrrole nitrogens is 1. The monoisotopic (exact) mass is 465 g/mol. The number of para-hydroxylation sites is 2. The molecule has 0 radical (unpaired) electrons. The fourth-order valence-corrected chi connectivity index (χ4v) is 3.99. The van der Waals surface area contributed by atoms with Crippen molar-refractivity contribution < 1.29 is 9.47 Å². The molecule has 0 aliphatic rings. The van der Waals surface area contributed by atoms with Gasteiger partial charge in [-0.2, -0.15) is 0 Å². The third kappa shape index (κ3) is 4.83. The Kier molecular flexibility index (Phi) is 6.35. The van der Waals surface area contributed by atoms with Crippen LogP contribution in [0.15, 0.2) is 65.1 Å². The molecule has 3 aromatic carbocycles. The Balaban J connectivity index is 1.40. The maximum absolute atomic E-state index is 6.06. The third-order valence-corrected chi connectivity index (χ3v) is 5.40. The van der Waals surface area contributed by atoms with E-state index in [1.165, 1.54) is 5.56 Å². The zero-order valence-corrected chi connectivity index (χ0v) is 18.6. The first-order valence-electron chi connectivity index (χ1n) is 9.81. The minimum Gasteiger partial charge on any atom is -0.493 e. The number of nitrogens with zero attached hydrogens (tertiary/aromatic N) is 1.